The van der Waals surface area contributed by atoms with Crippen molar-refractivity contribution < 1.29 is 14.0 Å². The molecule has 0 saturated heterocycles. The summed E-state index contributed by atoms with van der Waals surface area (Å²) in [6.07, 6.45) is 3.30. The van der Waals surface area contributed by atoms with Crippen molar-refractivity contribution in [3.8, 4) is 0 Å². The number of rotatable bonds is 5. The summed E-state index contributed by atoms with van der Waals surface area (Å²) in [7, 11) is 0. The predicted octanol–water partition coefficient (Wildman–Crippen LogP) is 3.96. The molecule has 0 aliphatic heterocycles. The fourth-order valence-corrected chi connectivity index (χ4v) is 3.39. The van der Waals surface area contributed by atoms with E-state index in [0.29, 0.717) is 33.6 Å². The number of nitrogens with one attached hydrogen (secondary N) is 1. The number of carbonyl (C=O) groups excluding carboxylic acids is 2. The van der Waals surface area contributed by atoms with Crippen molar-refractivity contribution in [3.05, 3.63) is 107 Å². The van der Waals surface area contributed by atoms with E-state index < -0.39 is 5.82 Å². The molecule has 6 nitrogen and oxygen atoms in total. The lowest BCUT2D eigenvalue weighted by Crippen LogP contribution is -2.17. The molecule has 7 heteroatoms. The van der Waals surface area contributed by atoms with E-state index in [1.54, 1.807) is 34.9 Å². The second-order valence-corrected chi connectivity index (χ2v) is 7.00. The van der Waals surface area contributed by atoms with Crippen LogP contribution in [0.5, 0.6) is 0 Å². The second kappa shape index (κ2) is 8.23. The maximum absolute atomic E-state index is 13.3. The van der Waals surface area contributed by atoms with Crippen LogP contribution in [0, 0.1) is 12.7 Å². The zero-order valence-electron chi connectivity index (χ0n) is 16.7. The zero-order valence-corrected chi connectivity index (χ0v) is 16.7. The number of carbonyl (C=O) groups is 2. The highest BCUT2D eigenvalue weighted by Gasteiger charge is 2.21. The first kappa shape index (κ1) is 20.0. The zero-order chi connectivity index (χ0) is 22.0. The summed E-state index contributed by atoms with van der Waals surface area (Å²) in [5, 5.41) is 4.08. The van der Waals surface area contributed by atoms with Gasteiger partial charge >= 0.3 is 0 Å². The summed E-state index contributed by atoms with van der Waals surface area (Å²) in [5.74, 6) is -1.01. The van der Waals surface area contributed by atoms with Crippen LogP contribution in [0.1, 0.15) is 37.5 Å². The maximum Gasteiger partial charge on any atom is 0.271 e. The van der Waals surface area contributed by atoms with Gasteiger partial charge in [-0.25, -0.2) is 9.82 Å². The number of hydrazone groups is 1. The molecule has 0 aliphatic rings. The van der Waals surface area contributed by atoms with Gasteiger partial charge in [0.1, 0.15) is 5.82 Å². The van der Waals surface area contributed by atoms with Crippen molar-refractivity contribution in [2.45, 2.75) is 6.92 Å². The van der Waals surface area contributed by atoms with Gasteiger partial charge in [-0.1, -0.05) is 6.07 Å². The number of nitrogen functional groups attached to an aromatic ring is 1. The van der Waals surface area contributed by atoms with E-state index in [-0.39, 0.29) is 11.7 Å². The van der Waals surface area contributed by atoms with E-state index >= 15 is 0 Å². The van der Waals surface area contributed by atoms with Gasteiger partial charge < -0.3 is 10.1 Å². The molecule has 2 aromatic heterocycles. The minimum absolute atomic E-state index is 0.232. The molecule has 0 spiro atoms. The number of anilines is 1. The number of hydrogen-bond acceptors (Lipinski definition) is 4. The normalized spacial score (nSPS) is 11.2. The van der Waals surface area contributed by atoms with Crippen molar-refractivity contribution in [2.24, 2.45) is 5.10 Å². The van der Waals surface area contributed by atoms with Crippen LogP contribution in [-0.2, 0) is 0 Å². The lowest BCUT2D eigenvalue weighted by atomic mass is 10.0. The van der Waals surface area contributed by atoms with E-state index in [1.807, 2.05) is 25.1 Å². The number of benzene rings is 2. The molecule has 0 fully saturated rings. The van der Waals surface area contributed by atoms with E-state index in [2.05, 4.69) is 10.5 Å². The Morgan fingerprint density at radius 3 is 2.39 bits per heavy atom. The second-order valence-electron chi connectivity index (χ2n) is 7.00. The van der Waals surface area contributed by atoms with Crippen molar-refractivity contribution >= 4 is 29.1 Å². The van der Waals surface area contributed by atoms with Gasteiger partial charge in [0.25, 0.3) is 5.91 Å². The summed E-state index contributed by atoms with van der Waals surface area (Å²) >= 11 is 0. The first-order valence-electron chi connectivity index (χ1n) is 9.54. The van der Waals surface area contributed by atoms with E-state index in [1.165, 1.54) is 30.5 Å². The smallest absolute Gasteiger partial charge is 0.271 e. The molecule has 0 saturated carbocycles. The molecule has 3 N–H and O–H groups in total. The van der Waals surface area contributed by atoms with Gasteiger partial charge in [0.2, 0.25) is 5.78 Å². The Hall–Kier alpha value is -4.26. The third kappa shape index (κ3) is 3.93. The Labute approximate surface area is 177 Å². The molecular weight excluding hydrogens is 395 g/mol. The van der Waals surface area contributed by atoms with Crippen molar-refractivity contribution in [1.29, 1.82) is 0 Å². The van der Waals surface area contributed by atoms with E-state index in [9.17, 15) is 14.0 Å². The van der Waals surface area contributed by atoms with Crippen molar-refractivity contribution in [3.63, 3.8) is 0 Å². The Bertz CT molecular complexity index is 1310. The molecule has 2 heterocycles. The largest absolute Gasteiger partial charge is 0.399 e. The van der Waals surface area contributed by atoms with Crippen LogP contribution in [0.2, 0.25) is 0 Å². The number of nitrogens with zero attached hydrogens (tertiary/aromatic N) is 2. The summed E-state index contributed by atoms with van der Waals surface area (Å²) in [6.45, 7) is 1.81. The number of nitrogens with two attached hydrogens (primary N) is 1. The number of pyridine rings is 1. The Morgan fingerprint density at radius 1 is 1.00 bits per heavy atom. The highest BCUT2D eigenvalue weighted by molar-refractivity contribution is 6.12. The quantitative estimate of drug-likeness (QED) is 0.224. The molecule has 0 bridgehead atoms. The highest BCUT2D eigenvalue weighted by atomic mass is 19.1. The third-order valence-corrected chi connectivity index (χ3v) is 4.99. The molecule has 1 amide bonds. The lowest BCUT2D eigenvalue weighted by molar-refractivity contribution is 0.0954. The van der Waals surface area contributed by atoms with Crippen LogP contribution in [0.4, 0.5) is 10.1 Å². The van der Waals surface area contributed by atoms with E-state index in [4.69, 9.17) is 5.73 Å². The molecule has 154 valence electrons. The molecule has 2 aromatic carbocycles. The summed E-state index contributed by atoms with van der Waals surface area (Å²) in [6, 6.07) is 17.5. The highest BCUT2D eigenvalue weighted by Crippen LogP contribution is 2.24. The number of aromatic nitrogens is 1. The fraction of sp³-hybridized carbons (Fsp3) is 0.0417. The summed E-state index contributed by atoms with van der Waals surface area (Å²) < 4.78 is 15.0. The lowest BCUT2D eigenvalue weighted by Gasteiger charge is -2.04. The van der Waals surface area contributed by atoms with Crippen molar-refractivity contribution in [2.75, 3.05) is 5.73 Å². The minimum Gasteiger partial charge on any atom is -0.399 e. The van der Waals surface area contributed by atoms with Gasteiger partial charge in [0.15, 0.2) is 0 Å². The number of amides is 1. The molecule has 0 radical (unpaired) electrons. The number of ketones is 1. The molecule has 4 rings (SSSR count). The van der Waals surface area contributed by atoms with Gasteiger partial charge in [-0.2, -0.15) is 5.10 Å². The SMILES string of the molecule is Cc1c(/C=N/NC(=O)c2ccc(N)cc2)c2ccccn2c1C(=O)c1ccc(F)cc1. The Balaban J connectivity index is 1.67. The van der Waals surface area contributed by atoms with Crippen LogP contribution in [0.15, 0.2) is 78.0 Å². The topological polar surface area (TPSA) is 89.0 Å². The Morgan fingerprint density at radius 2 is 1.68 bits per heavy atom. The molecule has 4 aromatic rings. The first-order chi connectivity index (χ1) is 15.0. The monoisotopic (exact) mass is 414 g/mol. The van der Waals surface area contributed by atoms with Gasteiger partial charge in [0, 0.05) is 28.6 Å². The van der Waals surface area contributed by atoms with Crippen LogP contribution < -0.4 is 11.2 Å². The van der Waals surface area contributed by atoms with Gasteiger partial charge in [0.05, 0.1) is 17.4 Å². The number of fused-ring (bicyclic) bond motifs is 1. The third-order valence-electron chi connectivity index (χ3n) is 4.99. The maximum atomic E-state index is 13.3. The van der Waals surface area contributed by atoms with Crippen LogP contribution in [0.25, 0.3) is 5.52 Å². The van der Waals surface area contributed by atoms with Gasteiger partial charge in [-0.15, -0.1) is 0 Å². The predicted molar refractivity (Wildman–Crippen MR) is 118 cm³/mol. The first-order valence-corrected chi connectivity index (χ1v) is 9.54. The average molecular weight is 414 g/mol. The number of hydrogen-bond donors (Lipinski definition) is 2. The average Bonchev–Trinajstić information content (AvgIpc) is 3.05. The molecule has 0 aliphatic carbocycles. The Kier molecular flexibility index (Phi) is 5.32. The van der Waals surface area contributed by atoms with E-state index in [0.717, 1.165) is 5.52 Å². The molecule has 0 unspecified atom stereocenters. The van der Waals surface area contributed by atoms with Crippen LogP contribution in [-0.4, -0.2) is 22.3 Å². The fourth-order valence-electron chi connectivity index (χ4n) is 3.39. The molecule has 0 atom stereocenters. The standard InChI is InChI=1S/C24H19FN4O2/c1-15-20(14-27-28-24(31)17-7-11-19(26)12-8-17)21-4-2-3-13-29(21)22(15)23(30)16-5-9-18(25)10-6-16/h2-14H,26H2,1H3,(H,28,31)/b27-14+. The van der Waals surface area contributed by atoms with Crippen LogP contribution >= 0.6 is 0 Å². The van der Waals surface area contributed by atoms with Crippen LogP contribution in [0.3, 0.4) is 0 Å². The molecular formula is C24H19FN4O2. The summed E-state index contributed by atoms with van der Waals surface area (Å²) in [4.78, 5) is 25.4. The molecule has 31 heavy (non-hydrogen) atoms. The summed E-state index contributed by atoms with van der Waals surface area (Å²) in [5.41, 5.74) is 12.1. The van der Waals surface area contributed by atoms with Gasteiger partial charge in [-0.05, 0) is 73.2 Å². The minimum atomic E-state index is -0.405. The van der Waals surface area contributed by atoms with Gasteiger partial charge in [-0.3, -0.25) is 9.59 Å². The van der Waals surface area contributed by atoms with Crippen molar-refractivity contribution in [1.82, 2.24) is 9.83 Å². The number of halogens is 1.